The second-order valence-corrected chi connectivity index (χ2v) is 18.8. The average molecular weight is 730 g/mol. The summed E-state index contributed by atoms with van der Waals surface area (Å²) in [6.07, 6.45) is 0. The third kappa shape index (κ3) is 4.36. The lowest BCUT2D eigenvalue weighted by Crippen LogP contribution is -2.27. The third-order valence-electron chi connectivity index (χ3n) is 12.7. The van der Waals surface area contributed by atoms with Crippen molar-refractivity contribution >= 4 is 70.5 Å². The van der Waals surface area contributed by atoms with E-state index in [9.17, 15) is 0 Å². The van der Waals surface area contributed by atoms with E-state index in [4.69, 9.17) is 4.42 Å². The van der Waals surface area contributed by atoms with Crippen LogP contribution in [0.1, 0.15) is 76.3 Å². The zero-order chi connectivity index (χ0) is 37.6. The molecule has 2 aromatic heterocycles. The summed E-state index contributed by atoms with van der Waals surface area (Å²) >= 11 is 1.87. The van der Waals surface area contributed by atoms with E-state index < -0.39 is 0 Å². The molecule has 0 saturated heterocycles. The van der Waals surface area contributed by atoms with Crippen LogP contribution in [0, 0.1) is 0 Å². The van der Waals surface area contributed by atoms with Crippen molar-refractivity contribution in [3.8, 4) is 22.3 Å². The molecule has 3 heteroatoms. The molecule has 0 fully saturated rings. The van der Waals surface area contributed by atoms with Crippen molar-refractivity contribution in [2.75, 3.05) is 4.90 Å². The fourth-order valence-corrected chi connectivity index (χ4v) is 11.4. The SMILES string of the molecule is CC(C)(C)c1c2c(c(N(c3ccc4c(c3)oc3ccccc34)c3ccc4sc5ccccc5c4c3)c3c1-c1ccccc1C3(C)C)C(C)(C)c1ccccc1-2. The highest BCUT2D eigenvalue weighted by atomic mass is 32.1. The van der Waals surface area contributed by atoms with Crippen molar-refractivity contribution in [2.45, 2.75) is 64.7 Å². The molecule has 0 atom stereocenters. The fourth-order valence-electron chi connectivity index (χ4n) is 10.3. The number of hydrogen-bond acceptors (Lipinski definition) is 3. The van der Waals surface area contributed by atoms with Crippen LogP contribution in [0.15, 0.2) is 138 Å². The molecule has 0 bridgehead atoms. The van der Waals surface area contributed by atoms with Crippen LogP contribution < -0.4 is 4.90 Å². The monoisotopic (exact) mass is 729 g/mol. The lowest BCUT2D eigenvalue weighted by molar-refractivity contribution is 0.587. The molecule has 0 spiro atoms. The van der Waals surface area contributed by atoms with Crippen molar-refractivity contribution in [3.05, 3.63) is 161 Å². The van der Waals surface area contributed by atoms with E-state index in [0.29, 0.717) is 0 Å². The van der Waals surface area contributed by atoms with Crippen molar-refractivity contribution < 1.29 is 4.42 Å². The van der Waals surface area contributed by atoms with Crippen LogP contribution in [0.2, 0.25) is 0 Å². The first-order valence-corrected chi connectivity index (χ1v) is 20.3. The van der Waals surface area contributed by atoms with E-state index in [0.717, 1.165) is 33.3 Å². The Morgan fingerprint density at radius 2 is 1.04 bits per heavy atom. The van der Waals surface area contributed by atoms with E-state index in [-0.39, 0.29) is 16.2 Å². The van der Waals surface area contributed by atoms with Gasteiger partial charge in [-0.3, -0.25) is 0 Å². The van der Waals surface area contributed by atoms with Gasteiger partial charge in [-0.05, 0) is 98.0 Å². The fraction of sp³-hybridized carbons (Fsp3) is 0.192. The predicted octanol–water partition coefficient (Wildman–Crippen LogP) is 15.3. The summed E-state index contributed by atoms with van der Waals surface area (Å²) in [6.45, 7) is 17.0. The van der Waals surface area contributed by atoms with Crippen molar-refractivity contribution in [1.82, 2.24) is 0 Å². The lowest BCUT2D eigenvalue weighted by atomic mass is 9.71. The third-order valence-corrected chi connectivity index (χ3v) is 13.8. The van der Waals surface area contributed by atoms with Gasteiger partial charge in [0, 0.05) is 59.2 Å². The first-order valence-electron chi connectivity index (χ1n) is 19.5. The Labute approximate surface area is 326 Å². The van der Waals surface area contributed by atoms with Crippen LogP contribution in [0.5, 0.6) is 0 Å². The van der Waals surface area contributed by atoms with E-state index in [1.807, 2.05) is 11.3 Å². The molecular weight excluding hydrogens is 687 g/mol. The van der Waals surface area contributed by atoms with Gasteiger partial charge in [-0.1, -0.05) is 133 Å². The highest BCUT2D eigenvalue weighted by Crippen LogP contribution is 2.65. The number of rotatable bonds is 3. The predicted molar refractivity (Wildman–Crippen MR) is 235 cm³/mol. The number of furan rings is 1. The molecule has 0 radical (unpaired) electrons. The van der Waals surface area contributed by atoms with E-state index in [2.05, 4.69) is 187 Å². The average Bonchev–Trinajstić information content (AvgIpc) is 3.87. The number of para-hydroxylation sites is 1. The minimum atomic E-state index is -0.276. The van der Waals surface area contributed by atoms with E-state index in [1.54, 1.807) is 0 Å². The molecule has 2 aliphatic rings. The second-order valence-electron chi connectivity index (χ2n) is 17.7. The van der Waals surface area contributed by atoms with Crippen LogP contribution in [0.25, 0.3) is 64.4 Å². The highest BCUT2D eigenvalue weighted by Gasteiger charge is 2.50. The molecule has 0 unspecified atom stereocenters. The molecule has 0 N–H and O–H groups in total. The first kappa shape index (κ1) is 32.8. The normalized spacial score (nSPS) is 15.1. The Morgan fingerprint density at radius 1 is 0.509 bits per heavy atom. The number of nitrogens with zero attached hydrogens (tertiary/aromatic N) is 1. The van der Waals surface area contributed by atoms with Crippen LogP contribution in [0.4, 0.5) is 17.1 Å². The largest absolute Gasteiger partial charge is 0.456 e. The summed E-state index contributed by atoms with van der Waals surface area (Å²) in [5, 5.41) is 4.87. The summed E-state index contributed by atoms with van der Waals surface area (Å²) in [7, 11) is 0. The summed E-state index contributed by atoms with van der Waals surface area (Å²) in [6, 6.07) is 49.6. The number of hydrogen-bond donors (Lipinski definition) is 0. The van der Waals surface area contributed by atoms with E-state index >= 15 is 0 Å². The molecule has 7 aromatic carbocycles. The maximum Gasteiger partial charge on any atom is 0.137 e. The molecule has 55 heavy (non-hydrogen) atoms. The first-order chi connectivity index (χ1) is 26.4. The van der Waals surface area contributed by atoms with Gasteiger partial charge in [0.2, 0.25) is 0 Å². The van der Waals surface area contributed by atoms with Gasteiger partial charge in [-0.25, -0.2) is 0 Å². The van der Waals surface area contributed by atoms with Gasteiger partial charge >= 0.3 is 0 Å². The zero-order valence-electron chi connectivity index (χ0n) is 32.5. The molecule has 268 valence electrons. The molecule has 0 amide bonds. The van der Waals surface area contributed by atoms with Crippen LogP contribution >= 0.6 is 11.3 Å². The number of benzene rings is 7. The zero-order valence-corrected chi connectivity index (χ0v) is 33.3. The smallest absolute Gasteiger partial charge is 0.137 e. The van der Waals surface area contributed by atoms with Gasteiger partial charge in [0.15, 0.2) is 0 Å². The summed E-state index contributed by atoms with van der Waals surface area (Å²) in [4.78, 5) is 2.60. The van der Waals surface area contributed by atoms with Crippen LogP contribution in [-0.4, -0.2) is 0 Å². The topological polar surface area (TPSA) is 16.4 Å². The molecule has 2 aliphatic carbocycles. The standard InChI is InChI=1S/C52H43NOS/c1-50(2,3)46-44-35-18-8-12-20-38(35)51(4,5)47(44)49(48-45(46)36-19-9-13-21-39(36)52(48,6)7)53(30-25-27-43-37(28-30)34-17-11-15-23-42(34)55-43)31-24-26-33-32-16-10-14-22-40(32)54-41(33)29-31/h8-29H,1-7H3. The minimum Gasteiger partial charge on any atom is -0.456 e. The summed E-state index contributed by atoms with van der Waals surface area (Å²) in [5.74, 6) is 0. The second kappa shape index (κ2) is 11.0. The molecule has 2 heterocycles. The van der Waals surface area contributed by atoms with Gasteiger partial charge in [-0.2, -0.15) is 0 Å². The maximum atomic E-state index is 6.64. The Hall–Kier alpha value is -5.64. The van der Waals surface area contributed by atoms with Gasteiger partial charge in [0.1, 0.15) is 11.2 Å². The Balaban J connectivity index is 1.34. The molecule has 0 saturated carbocycles. The number of fused-ring (bicyclic) bond motifs is 12. The van der Waals surface area contributed by atoms with E-state index in [1.165, 1.54) is 75.9 Å². The summed E-state index contributed by atoms with van der Waals surface area (Å²) < 4.78 is 9.25. The number of anilines is 3. The van der Waals surface area contributed by atoms with Gasteiger partial charge in [0.05, 0.1) is 5.69 Å². The van der Waals surface area contributed by atoms with Crippen molar-refractivity contribution in [3.63, 3.8) is 0 Å². The molecule has 9 aromatic rings. The highest BCUT2D eigenvalue weighted by molar-refractivity contribution is 7.25. The minimum absolute atomic E-state index is 0.125. The quantitative estimate of drug-likeness (QED) is 0.180. The van der Waals surface area contributed by atoms with Crippen LogP contribution in [-0.2, 0) is 16.2 Å². The maximum absolute atomic E-state index is 6.64. The molecular formula is C52H43NOS. The lowest BCUT2D eigenvalue weighted by Gasteiger charge is -2.39. The van der Waals surface area contributed by atoms with Gasteiger partial charge < -0.3 is 9.32 Å². The Morgan fingerprint density at radius 3 is 1.71 bits per heavy atom. The number of thiophene rings is 1. The molecule has 2 nitrogen and oxygen atoms in total. The Kier molecular flexibility index (Phi) is 6.54. The van der Waals surface area contributed by atoms with Crippen LogP contribution in [0.3, 0.4) is 0 Å². The Bertz CT molecular complexity index is 3010. The summed E-state index contributed by atoms with van der Waals surface area (Å²) in [5.41, 5.74) is 17.2. The van der Waals surface area contributed by atoms with Crippen molar-refractivity contribution in [2.24, 2.45) is 0 Å². The van der Waals surface area contributed by atoms with Crippen molar-refractivity contribution in [1.29, 1.82) is 0 Å². The van der Waals surface area contributed by atoms with Gasteiger partial charge in [0.25, 0.3) is 0 Å². The van der Waals surface area contributed by atoms with Gasteiger partial charge in [-0.15, -0.1) is 11.3 Å². The molecule has 0 aliphatic heterocycles. The molecule has 11 rings (SSSR count).